The average Bonchev–Trinajstić information content (AvgIpc) is 3.40. The number of hydrogen-bond donors (Lipinski definition) is 1. The highest BCUT2D eigenvalue weighted by atomic mass is 16.2. The third-order valence-electron chi connectivity index (χ3n) is 6.06. The Bertz CT molecular complexity index is 612. The van der Waals surface area contributed by atoms with Crippen molar-refractivity contribution in [1.29, 1.82) is 0 Å². The summed E-state index contributed by atoms with van der Waals surface area (Å²) in [5, 5.41) is 0. The fourth-order valence-electron chi connectivity index (χ4n) is 4.08. The quantitative estimate of drug-likeness (QED) is 0.903. The van der Waals surface area contributed by atoms with Crippen molar-refractivity contribution in [3.05, 3.63) is 35.9 Å². The van der Waals surface area contributed by atoms with Gasteiger partial charge in [0.2, 0.25) is 11.8 Å². The van der Waals surface area contributed by atoms with E-state index < -0.39 is 5.41 Å². The number of hydrogen-bond acceptors (Lipinski definition) is 2. The van der Waals surface area contributed by atoms with Gasteiger partial charge in [0.1, 0.15) is 0 Å². The molecule has 1 aromatic carbocycles. The van der Waals surface area contributed by atoms with Crippen LogP contribution in [0.5, 0.6) is 0 Å². The summed E-state index contributed by atoms with van der Waals surface area (Å²) in [6, 6.07) is 9.76. The fraction of sp³-hybridized carbons (Fsp3) is 0.600. The summed E-state index contributed by atoms with van der Waals surface area (Å²) in [5.41, 5.74) is 6.20. The SMILES string of the molecule is CC(C)(CC(=O)N1CCC(C(N)=O)(c2ccccc2)CC1)C1CC1. The van der Waals surface area contributed by atoms with E-state index in [2.05, 4.69) is 13.8 Å². The van der Waals surface area contributed by atoms with Gasteiger partial charge >= 0.3 is 0 Å². The minimum Gasteiger partial charge on any atom is -0.369 e. The monoisotopic (exact) mass is 328 g/mol. The van der Waals surface area contributed by atoms with E-state index in [4.69, 9.17) is 5.73 Å². The number of nitrogens with zero attached hydrogens (tertiary/aromatic N) is 1. The Balaban J connectivity index is 1.67. The molecule has 1 saturated carbocycles. The summed E-state index contributed by atoms with van der Waals surface area (Å²) in [7, 11) is 0. The van der Waals surface area contributed by atoms with Gasteiger partial charge in [-0.2, -0.15) is 0 Å². The van der Waals surface area contributed by atoms with Crippen LogP contribution in [0.25, 0.3) is 0 Å². The summed E-state index contributed by atoms with van der Waals surface area (Å²) in [6.07, 6.45) is 4.33. The zero-order chi connectivity index (χ0) is 17.4. The molecule has 1 aliphatic heterocycles. The molecular formula is C20H28N2O2. The lowest BCUT2D eigenvalue weighted by Crippen LogP contribution is -2.51. The van der Waals surface area contributed by atoms with Gasteiger partial charge < -0.3 is 10.6 Å². The highest BCUT2D eigenvalue weighted by Gasteiger charge is 2.44. The van der Waals surface area contributed by atoms with E-state index in [0.717, 1.165) is 5.56 Å². The van der Waals surface area contributed by atoms with Crippen molar-refractivity contribution < 1.29 is 9.59 Å². The molecule has 2 aliphatic rings. The van der Waals surface area contributed by atoms with E-state index in [1.165, 1.54) is 12.8 Å². The molecule has 1 saturated heterocycles. The van der Waals surface area contributed by atoms with Gasteiger partial charge in [0.15, 0.2) is 0 Å². The van der Waals surface area contributed by atoms with E-state index >= 15 is 0 Å². The molecule has 3 rings (SSSR count). The molecule has 4 nitrogen and oxygen atoms in total. The van der Waals surface area contributed by atoms with Crippen molar-refractivity contribution in [3.8, 4) is 0 Å². The van der Waals surface area contributed by atoms with Gasteiger partial charge in [0.05, 0.1) is 5.41 Å². The number of benzene rings is 1. The van der Waals surface area contributed by atoms with Crippen molar-refractivity contribution in [2.75, 3.05) is 13.1 Å². The van der Waals surface area contributed by atoms with Crippen LogP contribution in [0.4, 0.5) is 0 Å². The number of rotatable bonds is 5. The Hall–Kier alpha value is -1.84. The summed E-state index contributed by atoms with van der Waals surface area (Å²) in [6.45, 7) is 5.61. The molecule has 0 bridgehead atoms. The van der Waals surface area contributed by atoms with Gasteiger partial charge in [-0.1, -0.05) is 44.2 Å². The topological polar surface area (TPSA) is 63.4 Å². The highest BCUT2D eigenvalue weighted by molar-refractivity contribution is 5.87. The maximum absolute atomic E-state index is 12.7. The second-order valence-electron chi connectivity index (χ2n) is 8.13. The third-order valence-corrected chi connectivity index (χ3v) is 6.06. The summed E-state index contributed by atoms with van der Waals surface area (Å²) in [5.74, 6) is 0.636. The molecule has 130 valence electrons. The second-order valence-corrected chi connectivity index (χ2v) is 8.13. The average molecular weight is 328 g/mol. The van der Waals surface area contributed by atoms with E-state index in [0.29, 0.717) is 38.3 Å². The van der Waals surface area contributed by atoms with Gasteiger partial charge in [-0.05, 0) is 42.6 Å². The second kappa shape index (κ2) is 6.23. The number of piperidine rings is 1. The molecule has 2 fully saturated rings. The normalized spacial score (nSPS) is 20.7. The lowest BCUT2D eigenvalue weighted by molar-refractivity contribution is -0.137. The highest BCUT2D eigenvalue weighted by Crippen LogP contribution is 2.47. The Kier molecular flexibility index (Phi) is 4.41. The van der Waals surface area contributed by atoms with Crippen molar-refractivity contribution in [2.45, 2.75) is 51.4 Å². The van der Waals surface area contributed by atoms with Gasteiger partial charge in [-0.15, -0.1) is 0 Å². The molecule has 0 atom stereocenters. The van der Waals surface area contributed by atoms with E-state index in [1.807, 2.05) is 35.2 Å². The van der Waals surface area contributed by atoms with Crippen LogP contribution >= 0.6 is 0 Å². The largest absolute Gasteiger partial charge is 0.369 e. The van der Waals surface area contributed by atoms with Crippen LogP contribution in [0.3, 0.4) is 0 Å². The molecule has 0 unspecified atom stereocenters. The standard InChI is InChI=1S/C20H28N2O2/c1-19(2,15-8-9-15)14-17(23)22-12-10-20(11-13-22,18(21)24)16-6-4-3-5-7-16/h3-7,15H,8-14H2,1-2H3,(H2,21,24). The first-order chi connectivity index (χ1) is 11.3. The maximum Gasteiger partial charge on any atom is 0.228 e. The number of carbonyl (C=O) groups is 2. The van der Waals surface area contributed by atoms with Crippen molar-refractivity contribution in [3.63, 3.8) is 0 Å². The van der Waals surface area contributed by atoms with Gasteiger partial charge in [-0.25, -0.2) is 0 Å². The van der Waals surface area contributed by atoms with E-state index in [-0.39, 0.29) is 17.2 Å². The number of primary amides is 1. The first-order valence-electron chi connectivity index (χ1n) is 8.98. The Morgan fingerprint density at radius 3 is 2.25 bits per heavy atom. The number of amides is 2. The molecule has 0 spiro atoms. The van der Waals surface area contributed by atoms with E-state index in [9.17, 15) is 9.59 Å². The van der Waals surface area contributed by atoms with Crippen LogP contribution in [0.1, 0.15) is 51.5 Å². The molecule has 1 heterocycles. The van der Waals surface area contributed by atoms with Crippen LogP contribution < -0.4 is 5.73 Å². The van der Waals surface area contributed by atoms with Gasteiger partial charge in [0.25, 0.3) is 0 Å². The number of likely N-dealkylation sites (tertiary alicyclic amines) is 1. The summed E-state index contributed by atoms with van der Waals surface area (Å²) in [4.78, 5) is 26.8. The van der Waals surface area contributed by atoms with Crippen molar-refractivity contribution >= 4 is 11.8 Å². The molecule has 0 aromatic heterocycles. The summed E-state index contributed by atoms with van der Waals surface area (Å²) >= 11 is 0. The third kappa shape index (κ3) is 3.19. The molecule has 1 aromatic rings. The van der Waals surface area contributed by atoms with Crippen molar-refractivity contribution in [1.82, 2.24) is 4.90 Å². The van der Waals surface area contributed by atoms with Crippen LogP contribution in [-0.2, 0) is 15.0 Å². The minimum absolute atomic E-state index is 0.0920. The lowest BCUT2D eigenvalue weighted by atomic mass is 9.72. The minimum atomic E-state index is -0.635. The zero-order valence-electron chi connectivity index (χ0n) is 14.8. The lowest BCUT2D eigenvalue weighted by Gasteiger charge is -2.41. The molecule has 24 heavy (non-hydrogen) atoms. The van der Waals surface area contributed by atoms with Crippen molar-refractivity contribution in [2.24, 2.45) is 17.1 Å². The van der Waals surface area contributed by atoms with E-state index in [1.54, 1.807) is 0 Å². The molecule has 2 N–H and O–H groups in total. The Morgan fingerprint density at radius 2 is 1.75 bits per heavy atom. The van der Waals surface area contributed by atoms with Crippen LogP contribution in [0.2, 0.25) is 0 Å². The molecular weight excluding hydrogens is 300 g/mol. The molecule has 2 amide bonds. The molecule has 4 heteroatoms. The fourth-order valence-corrected chi connectivity index (χ4v) is 4.08. The van der Waals surface area contributed by atoms with Crippen LogP contribution in [0, 0.1) is 11.3 Å². The molecule has 1 aliphatic carbocycles. The Morgan fingerprint density at radius 1 is 1.17 bits per heavy atom. The van der Waals surface area contributed by atoms with Crippen LogP contribution in [0.15, 0.2) is 30.3 Å². The molecule has 0 radical (unpaired) electrons. The van der Waals surface area contributed by atoms with Crippen LogP contribution in [-0.4, -0.2) is 29.8 Å². The number of nitrogens with two attached hydrogens (primary N) is 1. The van der Waals surface area contributed by atoms with Gasteiger partial charge in [0, 0.05) is 19.5 Å². The first-order valence-corrected chi connectivity index (χ1v) is 8.98. The predicted molar refractivity (Wildman–Crippen MR) is 94.3 cm³/mol. The smallest absolute Gasteiger partial charge is 0.228 e. The Labute approximate surface area is 144 Å². The zero-order valence-corrected chi connectivity index (χ0v) is 14.8. The number of carbonyl (C=O) groups excluding carboxylic acids is 2. The van der Waals surface area contributed by atoms with Gasteiger partial charge in [-0.3, -0.25) is 9.59 Å². The predicted octanol–water partition coefficient (Wildman–Crippen LogP) is 2.86. The summed E-state index contributed by atoms with van der Waals surface area (Å²) < 4.78 is 0. The maximum atomic E-state index is 12.7. The first kappa shape index (κ1) is 17.0.